The molecule has 0 radical (unpaired) electrons. The highest BCUT2D eigenvalue weighted by Gasteiger charge is 2.07. The molecule has 1 rings (SSSR count). The molecular formula is C9H12N2O3. The van der Waals surface area contributed by atoms with E-state index in [2.05, 4.69) is 10.3 Å². The summed E-state index contributed by atoms with van der Waals surface area (Å²) >= 11 is 0. The van der Waals surface area contributed by atoms with Crippen molar-refractivity contribution in [1.82, 2.24) is 10.3 Å². The average Bonchev–Trinajstić information content (AvgIpc) is 2.18. The second-order valence-electron chi connectivity index (χ2n) is 2.76. The zero-order valence-corrected chi connectivity index (χ0v) is 7.62. The Balaban J connectivity index is 2.61. The number of hydrogen-bond donors (Lipinski definition) is 3. The summed E-state index contributed by atoms with van der Waals surface area (Å²) in [4.78, 5) is 25.2. The van der Waals surface area contributed by atoms with E-state index in [1.807, 2.05) is 0 Å². The second-order valence-corrected chi connectivity index (χ2v) is 2.76. The molecule has 0 saturated carbocycles. The molecule has 0 atom stereocenters. The Morgan fingerprint density at radius 2 is 2.36 bits per heavy atom. The first kappa shape index (κ1) is 10.5. The molecule has 1 amide bonds. The van der Waals surface area contributed by atoms with Crippen molar-refractivity contribution in [3.63, 3.8) is 0 Å². The summed E-state index contributed by atoms with van der Waals surface area (Å²) < 4.78 is 0. The number of aliphatic hydroxyl groups excluding tert-OH is 1. The third-order valence-electron chi connectivity index (χ3n) is 1.69. The molecule has 0 aliphatic rings. The van der Waals surface area contributed by atoms with Gasteiger partial charge in [-0.1, -0.05) is 0 Å². The molecule has 0 aliphatic heterocycles. The first-order chi connectivity index (χ1) is 6.75. The SMILES string of the molecule is O=C(NCCCO)c1c[nH]ccc1=O. The van der Waals surface area contributed by atoms with Crippen LogP contribution in [-0.4, -0.2) is 29.1 Å². The van der Waals surface area contributed by atoms with Crippen LogP contribution in [0.15, 0.2) is 23.3 Å². The van der Waals surface area contributed by atoms with Gasteiger partial charge >= 0.3 is 0 Å². The minimum absolute atomic E-state index is 0.0193. The summed E-state index contributed by atoms with van der Waals surface area (Å²) in [7, 11) is 0. The minimum atomic E-state index is -0.416. The fourth-order valence-electron chi connectivity index (χ4n) is 0.970. The molecule has 1 aromatic rings. The molecule has 0 aromatic carbocycles. The summed E-state index contributed by atoms with van der Waals surface area (Å²) in [5, 5.41) is 11.0. The van der Waals surface area contributed by atoms with Crippen molar-refractivity contribution in [2.75, 3.05) is 13.2 Å². The van der Waals surface area contributed by atoms with Crippen LogP contribution in [0.2, 0.25) is 0 Å². The normalized spacial score (nSPS) is 9.79. The first-order valence-corrected chi connectivity index (χ1v) is 4.32. The number of carbonyl (C=O) groups is 1. The van der Waals surface area contributed by atoms with Crippen molar-refractivity contribution in [3.8, 4) is 0 Å². The van der Waals surface area contributed by atoms with Crippen molar-refractivity contribution >= 4 is 5.91 Å². The van der Waals surface area contributed by atoms with Gasteiger partial charge in [0.1, 0.15) is 5.56 Å². The van der Waals surface area contributed by atoms with Crippen molar-refractivity contribution < 1.29 is 9.90 Å². The average molecular weight is 196 g/mol. The lowest BCUT2D eigenvalue weighted by molar-refractivity contribution is 0.0949. The van der Waals surface area contributed by atoms with Gasteiger partial charge in [0.05, 0.1) is 0 Å². The van der Waals surface area contributed by atoms with Crippen LogP contribution >= 0.6 is 0 Å². The Morgan fingerprint density at radius 3 is 3.00 bits per heavy atom. The molecule has 0 saturated heterocycles. The van der Waals surface area contributed by atoms with E-state index in [0.717, 1.165) is 0 Å². The number of amides is 1. The van der Waals surface area contributed by atoms with Crippen LogP contribution in [-0.2, 0) is 0 Å². The van der Waals surface area contributed by atoms with Crippen molar-refractivity contribution in [2.45, 2.75) is 6.42 Å². The third-order valence-corrected chi connectivity index (χ3v) is 1.69. The number of pyridine rings is 1. The van der Waals surface area contributed by atoms with Crippen LogP contribution < -0.4 is 10.7 Å². The van der Waals surface area contributed by atoms with Crippen LogP contribution in [0.1, 0.15) is 16.8 Å². The number of aromatic nitrogens is 1. The van der Waals surface area contributed by atoms with E-state index in [0.29, 0.717) is 13.0 Å². The van der Waals surface area contributed by atoms with Gasteiger partial charge in [-0.05, 0) is 6.42 Å². The number of hydrogen-bond acceptors (Lipinski definition) is 3. The van der Waals surface area contributed by atoms with E-state index < -0.39 is 5.91 Å². The van der Waals surface area contributed by atoms with Crippen molar-refractivity contribution in [2.24, 2.45) is 0 Å². The van der Waals surface area contributed by atoms with Gasteiger partial charge in [-0.2, -0.15) is 0 Å². The smallest absolute Gasteiger partial charge is 0.256 e. The van der Waals surface area contributed by atoms with Crippen LogP contribution in [0, 0.1) is 0 Å². The van der Waals surface area contributed by atoms with E-state index >= 15 is 0 Å². The highest BCUT2D eigenvalue weighted by Crippen LogP contribution is 1.87. The molecule has 5 nitrogen and oxygen atoms in total. The highest BCUT2D eigenvalue weighted by molar-refractivity contribution is 5.93. The van der Waals surface area contributed by atoms with Crippen LogP contribution in [0.25, 0.3) is 0 Å². The number of aromatic amines is 1. The molecule has 0 fully saturated rings. The van der Waals surface area contributed by atoms with Gasteiger partial charge in [0.2, 0.25) is 0 Å². The van der Waals surface area contributed by atoms with Crippen LogP contribution in [0.3, 0.4) is 0 Å². The maximum atomic E-state index is 11.3. The molecule has 3 N–H and O–H groups in total. The molecule has 5 heteroatoms. The van der Waals surface area contributed by atoms with Crippen molar-refractivity contribution in [3.05, 3.63) is 34.2 Å². The Labute approximate surface area is 80.8 Å². The summed E-state index contributed by atoms with van der Waals surface area (Å²) in [6, 6.07) is 1.29. The van der Waals surface area contributed by atoms with Crippen molar-refractivity contribution in [1.29, 1.82) is 0 Å². The minimum Gasteiger partial charge on any atom is -0.396 e. The van der Waals surface area contributed by atoms with Crippen LogP contribution in [0.4, 0.5) is 0 Å². The standard InChI is InChI=1S/C9H12N2O3/c12-5-1-3-11-9(14)7-6-10-4-2-8(7)13/h2,4,6,12H,1,3,5H2,(H,10,13)(H,11,14). The molecular weight excluding hydrogens is 184 g/mol. The van der Waals surface area contributed by atoms with Gasteiger partial charge in [-0.25, -0.2) is 0 Å². The lowest BCUT2D eigenvalue weighted by atomic mass is 10.2. The molecule has 0 spiro atoms. The van der Waals surface area contributed by atoms with Gasteiger partial charge < -0.3 is 15.4 Å². The largest absolute Gasteiger partial charge is 0.396 e. The molecule has 0 bridgehead atoms. The first-order valence-electron chi connectivity index (χ1n) is 4.32. The molecule has 76 valence electrons. The number of rotatable bonds is 4. The van der Waals surface area contributed by atoms with E-state index in [-0.39, 0.29) is 17.6 Å². The van der Waals surface area contributed by atoms with E-state index in [9.17, 15) is 9.59 Å². The van der Waals surface area contributed by atoms with E-state index in [4.69, 9.17) is 5.11 Å². The van der Waals surface area contributed by atoms with Crippen LogP contribution in [0.5, 0.6) is 0 Å². The summed E-state index contributed by atoms with van der Waals surface area (Å²) in [6.45, 7) is 0.384. The number of nitrogens with one attached hydrogen (secondary N) is 2. The Bertz CT molecular complexity index is 359. The lowest BCUT2D eigenvalue weighted by Crippen LogP contribution is -2.29. The zero-order chi connectivity index (χ0) is 10.4. The number of aliphatic hydroxyl groups is 1. The summed E-state index contributed by atoms with van der Waals surface area (Å²) in [6.07, 6.45) is 3.31. The summed E-state index contributed by atoms with van der Waals surface area (Å²) in [5.74, 6) is -0.416. The Hall–Kier alpha value is -1.62. The van der Waals surface area contributed by atoms with Gasteiger partial charge in [-0.3, -0.25) is 9.59 Å². The summed E-state index contributed by atoms with van der Waals surface area (Å²) in [5.41, 5.74) is -0.226. The molecule has 14 heavy (non-hydrogen) atoms. The highest BCUT2D eigenvalue weighted by atomic mass is 16.3. The van der Waals surface area contributed by atoms with Gasteiger partial charge in [-0.15, -0.1) is 0 Å². The van der Waals surface area contributed by atoms with Gasteiger partial charge in [0, 0.05) is 31.6 Å². The second kappa shape index (κ2) is 5.18. The molecule has 0 unspecified atom stereocenters. The third kappa shape index (κ3) is 2.70. The van der Waals surface area contributed by atoms with E-state index in [1.54, 1.807) is 0 Å². The predicted molar refractivity (Wildman–Crippen MR) is 51.1 cm³/mol. The molecule has 0 aliphatic carbocycles. The van der Waals surface area contributed by atoms with E-state index in [1.165, 1.54) is 18.5 Å². The monoisotopic (exact) mass is 196 g/mol. The number of carbonyl (C=O) groups excluding carboxylic acids is 1. The fourth-order valence-corrected chi connectivity index (χ4v) is 0.970. The zero-order valence-electron chi connectivity index (χ0n) is 7.62. The van der Waals surface area contributed by atoms with Gasteiger partial charge in [0.15, 0.2) is 5.43 Å². The molecule has 1 heterocycles. The fraction of sp³-hybridized carbons (Fsp3) is 0.333. The predicted octanol–water partition coefficient (Wildman–Crippen LogP) is -0.513. The van der Waals surface area contributed by atoms with Gasteiger partial charge in [0.25, 0.3) is 5.91 Å². The maximum Gasteiger partial charge on any atom is 0.256 e. The number of H-pyrrole nitrogens is 1. The lowest BCUT2D eigenvalue weighted by Gasteiger charge is -2.02. The topological polar surface area (TPSA) is 82.2 Å². The Kier molecular flexibility index (Phi) is 3.87. The maximum absolute atomic E-state index is 11.3. The quantitative estimate of drug-likeness (QED) is 0.567. The Morgan fingerprint density at radius 1 is 1.57 bits per heavy atom. The molecule has 1 aromatic heterocycles.